The van der Waals surface area contributed by atoms with Crippen LogP contribution in [0.25, 0.3) is 5.52 Å². The molecule has 1 atom stereocenters. The molecule has 1 aliphatic rings. The van der Waals surface area contributed by atoms with E-state index < -0.39 is 0 Å². The molecule has 0 aromatic carbocycles. The molecule has 1 unspecified atom stereocenters. The van der Waals surface area contributed by atoms with Crippen molar-refractivity contribution in [3.05, 3.63) is 30.4 Å². The quantitative estimate of drug-likeness (QED) is 0.789. The van der Waals surface area contributed by atoms with Gasteiger partial charge < -0.3 is 15.5 Å². The van der Waals surface area contributed by atoms with Crippen molar-refractivity contribution in [2.45, 2.75) is 12.8 Å². The molecule has 0 amide bonds. The number of nitrogens with one attached hydrogen (secondary N) is 1. The zero-order chi connectivity index (χ0) is 11.0. The molecule has 1 fully saturated rings. The standard InChI is InChI=1S/C12H16N4/c13-10-2-1-5-16-11(10)8-15-12(16)6-9-3-4-14-7-9/h1-2,5,8-9,14H,3-4,6-7,13H2. The molecule has 4 heteroatoms. The highest BCUT2D eigenvalue weighted by Crippen LogP contribution is 2.18. The molecule has 1 aliphatic heterocycles. The third-order valence-electron chi connectivity index (χ3n) is 3.31. The zero-order valence-electron chi connectivity index (χ0n) is 9.19. The third kappa shape index (κ3) is 1.55. The Hall–Kier alpha value is -1.55. The Morgan fingerprint density at radius 2 is 2.50 bits per heavy atom. The number of nitrogens with zero attached hydrogens (tertiary/aromatic N) is 2. The van der Waals surface area contributed by atoms with Crippen molar-refractivity contribution < 1.29 is 0 Å². The first-order valence-corrected chi connectivity index (χ1v) is 5.76. The number of hydrogen-bond acceptors (Lipinski definition) is 3. The van der Waals surface area contributed by atoms with Crippen LogP contribution < -0.4 is 11.1 Å². The summed E-state index contributed by atoms with van der Waals surface area (Å²) in [6, 6.07) is 3.89. The van der Waals surface area contributed by atoms with Gasteiger partial charge in [-0.1, -0.05) is 0 Å². The number of hydrogen-bond donors (Lipinski definition) is 2. The molecule has 16 heavy (non-hydrogen) atoms. The van der Waals surface area contributed by atoms with Crippen molar-refractivity contribution in [3.8, 4) is 0 Å². The Morgan fingerprint density at radius 3 is 3.31 bits per heavy atom. The fourth-order valence-corrected chi connectivity index (χ4v) is 2.40. The second kappa shape index (κ2) is 3.79. The van der Waals surface area contributed by atoms with E-state index >= 15 is 0 Å². The lowest BCUT2D eigenvalue weighted by molar-refractivity contribution is 0.560. The summed E-state index contributed by atoms with van der Waals surface area (Å²) >= 11 is 0. The van der Waals surface area contributed by atoms with Crippen molar-refractivity contribution in [2.75, 3.05) is 18.8 Å². The SMILES string of the molecule is Nc1cccn2c(CC3CCNC3)ncc12. The molecule has 0 spiro atoms. The Morgan fingerprint density at radius 1 is 1.56 bits per heavy atom. The monoisotopic (exact) mass is 216 g/mol. The Balaban J connectivity index is 1.94. The van der Waals surface area contributed by atoms with Crippen LogP contribution in [0.2, 0.25) is 0 Å². The maximum atomic E-state index is 5.90. The van der Waals surface area contributed by atoms with Gasteiger partial charge in [0.2, 0.25) is 0 Å². The van der Waals surface area contributed by atoms with Crippen LogP contribution in [0.4, 0.5) is 5.69 Å². The first-order chi connectivity index (χ1) is 7.84. The lowest BCUT2D eigenvalue weighted by atomic mass is 10.0. The number of nitrogens with two attached hydrogens (primary N) is 1. The summed E-state index contributed by atoms with van der Waals surface area (Å²) in [5.41, 5.74) is 7.72. The molecule has 3 N–H and O–H groups in total. The molecule has 0 bridgehead atoms. The Bertz CT molecular complexity index is 497. The highest BCUT2D eigenvalue weighted by molar-refractivity contribution is 5.68. The molecule has 0 aliphatic carbocycles. The number of aromatic nitrogens is 2. The topological polar surface area (TPSA) is 55.4 Å². The van der Waals surface area contributed by atoms with Gasteiger partial charge in [-0.05, 0) is 37.6 Å². The number of nitrogen functional groups attached to an aromatic ring is 1. The minimum Gasteiger partial charge on any atom is -0.397 e. The summed E-state index contributed by atoms with van der Waals surface area (Å²) in [5, 5.41) is 3.38. The molecule has 84 valence electrons. The molecular weight excluding hydrogens is 200 g/mol. The van der Waals surface area contributed by atoms with Gasteiger partial charge in [0.25, 0.3) is 0 Å². The average Bonchev–Trinajstić information content (AvgIpc) is 2.90. The lowest BCUT2D eigenvalue weighted by Gasteiger charge is -2.07. The fourth-order valence-electron chi connectivity index (χ4n) is 2.40. The van der Waals surface area contributed by atoms with Gasteiger partial charge in [-0.3, -0.25) is 0 Å². The van der Waals surface area contributed by atoms with Crippen LogP contribution in [-0.4, -0.2) is 22.5 Å². The van der Waals surface area contributed by atoms with Crippen molar-refractivity contribution in [3.63, 3.8) is 0 Å². The van der Waals surface area contributed by atoms with Crippen molar-refractivity contribution in [1.82, 2.24) is 14.7 Å². The van der Waals surface area contributed by atoms with E-state index in [1.165, 1.54) is 6.42 Å². The van der Waals surface area contributed by atoms with E-state index in [1.807, 2.05) is 24.5 Å². The normalized spacial score (nSPS) is 20.6. The second-order valence-corrected chi connectivity index (χ2v) is 4.46. The number of anilines is 1. The number of fused-ring (bicyclic) bond motifs is 1. The largest absolute Gasteiger partial charge is 0.397 e. The van der Waals surface area contributed by atoms with Crippen LogP contribution >= 0.6 is 0 Å². The minimum atomic E-state index is 0.715. The van der Waals surface area contributed by atoms with Gasteiger partial charge in [-0.25, -0.2) is 4.98 Å². The summed E-state index contributed by atoms with van der Waals surface area (Å²) in [6.45, 7) is 2.24. The summed E-state index contributed by atoms with van der Waals surface area (Å²) in [7, 11) is 0. The predicted octanol–water partition coefficient (Wildman–Crippen LogP) is 1.07. The van der Waals surface area contributed by atoms with E-state index in [2.05, 4.69) is 14.7 Å². The summed E-state index contributed by atoms with van der Waals surface area (Å²) in [5.74, 6) is 1.84. The molecule has 1 saturated heterocycles. The summed E-state index contributed by atoms with van der Waals surface area (Å²) in [6.07, 6.45) is 6.19. The molecule has 3 heterocycles. The van der Waals surface area contributed by atoms with Crippen molar-refractivity contribution in [1.29, 1.82) is 0 Å². The van der Waals surface area contributed by atoms with Crippen LogP contribution in [0.5, 0.6) is 0 Å². The van der Waals surface area contributed by atoms with E-state index in [-0.39, 0.29) is 0 Å². The third-order valence-corrected chi connectivity index (χ3v) is 3.31. The van der Waals surface area contributed by atoms with Gasteiger partial charge in [0.05, 0.1) is 17.4 Å². The van der Waals surface area contributed by atoms with Gasteiger partial charge >= 0.3 is 0 Å². The second-order valence-electron chi connectivity index (χ2n) is 4.46. The maximum absolute atomic E-state index is 5.90. The Kier molecular flexibility index (Phi) is 2.29. The van der Waals surface area contributed by atoms with Crippen LogP contribution in [0.15, 0.2) is 24.5 Å². The van der Waals surface area contributed by atoms with Crippen LogP contribution in [-0.2, 0) is 6.42 Å². The maximum Gasteiger partial charge on any atom is 0.113 e. The van der Waals surface area contributed by atoms with E-state index in [0.29, 0.717) is 5.92 Å². The van der Waals surface area contributed by atoms with Crippen LogP contribution in [0.1, 0.15) is 12.2 Å². The van der Waals surface area contributed by atoms with Crippen molar-refractivity contribution >= 4 is 11.2 Å². The molecule has 4 nitrogen and oxygen atoms in total. The summed E-state index contributed by atoms with van der Waals surface area (Å²) < 4.78 is 2.10. The number of pyridine rings is 1. The molecule has 3 rings (SSSR count). The van der Waals surface area contributed by atoms with Gasteiger partial charge in [0.15, 0.2) is 0 Å². The highest BCUT2D eigenvalue weighted by atomic mass is 15.0. The van der Waals surface area contributed by atoms with Gasteiger partial charge in [0.1, 0.15) is 5.82 Å². The Labute approximate surface area is 94.5 Å². The van der Waals surface area contributed by atoms with E-state index in [1.54, 1.807) is 0 Å². The minimum absolute atomic E-state index is 0.715. The number of rotatable bonds is 2. The fraction of sp³-hybridized carbons (Fsp3) is 0.417. The first-order valence-electron chi connectivity index (χ1n) is 5.76. The van der Waals surface area contributed by atoms with E-state index in [4.69, 9.17) is 5.73 Å². The van der Waals surface area contributed by atoms with Crippen LogP contribution in [0.3, 0.4) is 0 Å². The summed E-state index contributed by atoms with van der Waals surface area (Å²) in [4.78, 5) is 4.47. The molecule has 0 saturated carbocycles. The zero-order valence-corrected chi connectivity index (χ0v) is 9.19. The van der Waals surface area contributed by atoms with E-state index in [9.17, 15) is 0 Å². The first kappa shape index (κ1) is 9.66. The molecule has 2 aromatic heterocycles. The van der Waals surface area contributed by atoms with Gasteiger partial charge in [-0.15, -0.1) is 0 Å². The van der Waals surface area contributed by atoms with Crippen molar-refractivity contribution in [2.24, 2.45) is 5.92 Å². The smallest absolute Gasteiger partial charge is 0.113 e. The van der Waals surface area contributed by atoms with E-state index in [0.717, 1.165) is 36.5 Å². The predicted molar refractivity (Wildman–Crippen MR) is 64.3 cm³/mol. The molecule has 2 aromatic rings. The highest BCUT2D eigenvalue weighted by Gasteiger charge is 2.17. The molecule has 0 radical (unpaired) electrons. The number of imidazole rings is 1. The lowest BCUT2D eigenvalue weighted by Crippen LogP contribution is -2.12. The average molecular weight is 216 g/mol. The molecular formula is C12H16N4. The van der Waals surface area contributed by atoms with Crippen LogP contribution in [0, 0.1) is 5.92 Å². The van der Waals surface area contributed by atoms with Gasteiger partial charge in [-0.2, -0.15) is 0 Å². The van der Waals surface area contributed by atoms with Gasteiger partial charge in [0, 0.05) is 12.6 Å².